The zero-order chi connectivity index (χ0) is 36.5. The van der Waals surface area contributed by atoms with Gasteiger partial charge in [-0.1, -0.05) is 97.1 Å². The maximum atomic E-state index is 13.1. The van der Waals surface area contributed by atoms with Crippen LogP contribution < -0.4 is 10.6 Å². The van der Waals surface area contributed by atoms with Gasteiger partial charge in [0.05, 0.1) is 25.3 Å². The number of likely N-dealkylation sites (tertiary alicyclic amines) is 2. The van der Waals surface area contributed by atoms with Gasteiger partial charge in [-0.15, -0.1) is 0 Å². The topological polar surface area (TPSA) is 158 Å². The molecule has 4 aromatic rings. The molecule has 52 heavy (non-hydrogen) atoms. The highest BCUT2D eigenvalue weighted by Crippen LogP contribution is 2.24. The summed E-state index contributed by atoms with van der Waals surface area (Å²) in [6.07, 6.45) is 1.05. The number of nitrogens with zero attached hydrogens (tertiary/aromatic N) is 2. The highest BCUT2D eigenvalue weighted by Gasteiger charge is 2.41. The predicted octanol–water partition coefficient (Wildman–Crippen LogP) is 5.28. The Balaban J connectivity index is 0.981. The van der Waals surface area contributed by atoms with E-state index in [2.05, 4.69) is 10.6 Å². The third-order valence-electron chi connectivity index (χ3n) is 8.87. The fourth-order valence-corrected chi connectivity index (χ4v) is 6.13. The van der Waals surface area contributed by atoms with Gasteiger partial charge in [-0.05, 0) is 46.5 Å². The molecule has 4 amide bonds. The van der Waals surface area contributed by atoms with Crippen molar-refractivity contribution in [1.82, 2.24) is 9.80 Å². The number of amides is 4. The van der Waals surface area contributed by atoms with Crippen molar-refractivity contribution in [3.8, 4) is 0 Å². The molecule has 6 rings (SSSR count). The fraction of sp³-hybridized carbons (Fsp3) is 0.250. The van der Waals surface area contributed by atoms with Crippen LogP contribution in [0.3, 0.4) is 0 Å². The molecule has 0 spiro atoms. The van der Waals surface area contributed by atoms with E-state index in [1.54, 1.807) is 24.3 Å². The number of aliphatic hydroxyl groups excluding tert-OH is 2. The molecule has 4 N–H and O–H groups in total. The maximum absolute atomic E-state index is 13.1. The molecule has 0 aliphatic carbocycles. The Labute approximate surface area is 301 Å². The largest absolute Gasteiger partial charge is 0.445 e. The van der Waals surface area contributed by atoms with Gasteiger partial charge in [-0.25, -0.2) is 9.59 Å². The predicted molar refractivity (Wildman–Crippen MR) is 195 cm³/mol. The number of carbonyl (C=O) groups excluding carboxylic acids is 4. The van der Waals surface area contributed by atoms with E-state index in [9.17, 15) is 29.4 Å². The van der Waals surface area contributed by atoms with Gasteiger partial charge >= 0.3 is 12.2 Å². The minimum atomic E-state index is -0.865. The van der Waals surface area contributed by atoms with Crippen LogP contribution in [-0.2, 0) is 32.3 Å². The molecule has 0 radical (unpaired) electrons. The van der Waals surface area contributed by atoms with Crippen LogP contribution in [0.4, 0.5) is 21.0 Å². The van der Waals surface area contributed by atoms with Crippen molar-refractivity contribution in [1.29, 1.82) is 0 Å². The minimum absolute atomic E-state index is 0.0120. The fourth-order valence-electron chi connectivity index (χ4n) is 6.13. The number of hydrogen-bond acceptors (Lipinski definition) is 8. The Kier molecular flexibility index (Phi) is 11.6. The van der Waals surface area contributed by atoms with Crippen molar-refractivity contribution in [3.63, 3.8) is 0 Å². The number of anilines is 2. The molecule has 0 unspecified atom stereocenters. The van der Waals surface area contributed by atoms with E-state index in [4.69, 9.17) is 9.47 Å². The molecule has 4 aromatic carbocycles. The Morgan fingerprint density at radius 2 is 0.942 bits per heavy atom. The van der Waals surface area contributed by atoms with Crippen LogP contribution in [0.1, 0.15) is 35.1 Å². The highest BCUT2D eigenvalue weighted by atomic mass is 16.6. The lowest BCUT2D eigenvalue weighted by Gasteiger charge is -2.23. The first-order valence-electron chi connectivity index (χ1n) is 17.0. The Bertz CT molecular complexity index is 1730. The van der Waals surface area contributed by atoms with E-state index in [1.807, 2.05) is 97.1 Å². The molecule has 2 aliphatic heterocycles. The Morgan fingerprint density at radius 3 is 1.31 bits per heavy atom. The van der Waals surface area contributed by atoms with Gasteiger partial charge in [0.15, 0.2) is 0 Å². The van der Waals surface area contributed by atoms with E-state index >= 15 is 0 Å². The lowest BCUT2D eigenvalue weighted by atomic mass is 10.1. The number of rotatable bonds is 10. The average molecular weight is 705 g/mol. The number of aliphatic hydroxyl groups is 2. The second-order valence-electron chi connectivity index (χ2n) is 12.8. The monoisotopic (exact) mass is 704 g/mol. The lowest BCUT2D eigenvalue weighted by molar-refractivity contribution is -0.120. The molecule has 268 valence electrons. The minimum Gasteiger partial charge on any atom is -0.445 e. The summed E-state index contributed by atoms with van der Waals surface area (Å²) >= 11 is 0. The highest BCUT2D eigenvalue weighted by molar-refractivity contribution is 5.98. The summed E-state index contributed by atoms with van der Waals surface area (Å²) < 4.78 is 10.8. The maximum Gasteiger partial charge on any atom is 0.410 e. The van der Waals surface area contributed by atoms with Gasteiger partial charge in [0, 0.05) is 24.2 Å². The molecule has 0 bridgehead atoms. The van der Waals surface area contributed by atoms with Crippen molar-refractivity contribution >= 4 is 47.5 Å². The van der Waals surface area contributed by atoms with E-state index < -0.39 is 48.3 Å². The van der Waals surface area contributed by atoms with Crippen LogP contribution in [0, 0.1) is 0 Å². The second kappa shape index (κ2) is 16.8. The summed E-state index contributed by atoms with van der Waals surface area (Å²) in [5.74, 6) is -0.827. The van der Waals surface area contributed by atoms with Crippen LogP contribution >= 0.6 is 0 Å². The molecule has 2 fully saturated rings. The zero-order valence-electron chi connectivity index (χ0n) is 28.3. The van der Waals surface area contributed by atoms with Gasteiger partial charge in [0.25, 0.3) is 0 Å². The van der Waals surface area contributed by atoms with Crippen molar-refractivity contribution < 1.29 is 38.9 Å². The molecule has 0 aromatic heterocycles. The normalized spacial score (nSPS) is 19.7. The lowest BCUT2D eigenvalue weighted by Crippen LogP contribution is -2.43. The van der Waals surface area contributed by atoms with Crippen LogP contribution in [-0.4, -0.2) is 81.4 Å². The van der Waals surface area contributed by atoms with Gasteiger partial charge in [-0.3, -0.25) is 19.4 Å². The van der Waals surface area contributed by atoms with E-state index in [0.717, 1.165) is 22.3 Å². The van der Waals surface area contributed by atoms with Gasteiger partial charge < -0.3 is 30.3 Å². The first-order chi connectivity index (χ1) is 25.2. The van der Waals surface area contributed by atoms with Gasteiger partial charge in [-0.2, -0.15) is 0 Å². The molecule has 2 saturated heterocycles. The summed E-state index contributed by atoms with van der Waals surface area (Å²) in [6.45, 7) is 0.157. The summed E-state index contributed by atoms with van der Waals surface area (Å²) in [5.41, 5.74) is 4.47. The van der Waals surface area contributed by atoms with Crippen LogP contribution in [0.5, 0.6) is 0 Å². The molecular weight excluding hydrogens is 664 g/mol. The number of hydrogen-bond donors (Lipinski definition) is 4. The van der Waals surface area contributed by atoms with Gasteiger partial charge in [0.2, 0.25) is 11.8 Å². The van der Waals surface area contributed by atoms with E-state index in [-0.39, 0.29) is 39.1 Å². The summed E-state index contributed by atoms with van der Waals surface area (Å²) in [6, 6.07) is 31.1. The smallest absolute Gasteiger partial charge is 0.410 e. The number of benzene rings is 4. The molecule has 2 heterocycles. The summed E-state index contributed by atoms with van der Waals surface area (Å²) in [5, 5.41) is 26.1. The first kappa shape index (κ1) is 35.8. The van der Waals surface area contributed by atoms with Crippen LogP contribution in [0.15, 0.2) is 109 Å². The standard InChI is InChI=1S/C40H40N4O8/c45-33-21-35(43(23-33)39(49)51-25-29-7-3-1-4-8-29)37(47)41-31-17-13-27(14-18-31)11-12-28-15-19-32(20-16-28)42-38(48)36-22-34(46)24-44(36)40(50)52-26-30-9-5-2-6-10-30/h1-20,33-36,45-46H,21-26H2,(H,41,47)(H,42,48)/b12-11-/t33-,34-,35+,36+/m1/s1. The number of ether oxygens (including phenoxy) is 2. The van der Waals surface area contributed by atoms with Crippen molar-refractivity contribution in [2.24, 2.45) is 0 Å². The van der Waals surface area contributed by atoms with Gasteiger partial charge in [0.1, 0.15) is 25.3 Å². The van der Waals surface area contributed by atoms with Crippen molar-refractivity contribution in [3.05, 3.63) is 131 Å². The van der Waals surface area contributed by atoms with E-state index in [0.29, 0.717) is 11.4 Å². The average Bonchev–Trinajstić information content (AvgIpc) is 3.77. The quantitative estimate of drug-likeness (QED) is 0.163. The van der Waals surface area contributed by atoms with Crippen molar-refractivity contribution in [2.75, 3.05) is 23.7 Å². The summed E-state index contributed by atoms with van der Waals surface area (Å²) in [7, 11) is 0. The summed E-state index contributed by atoms with van der Waals surface area (Å²) in [4.78, 5) is 54.2. The number of β-amino-alcohol motifs (C(OH)–C–C–N with tert-alkyl or cyclic N) is 2. The molecule has 4 atom stereocenters. The molecule has 0 saturated carbocycles. The molecular formula is C40H40N4O8. The SMILES string of the molecule is O=C(Nc1ccc(/C=C\c2ccc(NC(=O)[C@@H]3C[C@@H](O)CN3C(=O)OCc3ccccc3)cc2)cc1)[C@@H]1C[C@@H](O)CN1C(=O)OCc1ccccc1. The third-order valence-corrected chi connectivity index (χ3v) is 8.87. The Hall–Kier alpha value is -5.98. The zero-order valence-corrected chi connectivity index (χ0v) is 28.3. The Morgan fingerprint density at radius 1 is 0.577 bits per heavy atom. The number of carbonyl (C=O) groups is 4. The number of nitrogens with one attached hydrogen (secondary N) is 2. The molecule has 2 aliphatic rings. The second-order valence-corrected chi connectivity index (χ2v) is 12.8. The van der Waals surface area contributed by atoms with E-state index in [1.165, 1.54) is 9.80 Å². The van der Waals surface area contributed by atoms with Crippen molar-refractivity contribution in [2.45, 2.75) is 50.3 Å². The van der Waals surface area contributed by atoms with Crippen LogP contribution in [0.25, 0.3) is 12.2 Å². The first-order valence-corrected chi connectivity index (χ1v) is 17.0. The third kappa shape index (κ3) is 9.42. The molecule has 12 nitrogen and oxygen atoms in total. The van der Waals surface area contributed by atoms with Crippen LogP contribution in [0.2, 0.25) is 0 Å². The molecule has 12 heteroatoms.